The van der Waals surface area contributed by atoms with E-state index < -0.39 is 0 Å². The van der Waals surface area contributed by atoms with E-state index in [1.165, 1.54) is 6.21 Å². The largest absolute Gasteiger partial charge is 0.362 e. The second kappa shape index (κ2) is 4.54. The summed E-state index contributed by atoms with van der Waals surface area (Å²) < 4.78 is 0. The van der Waals surface area contributed by atoms with Gasteiger partial charge in [-0.25, -0.2) is 0 Å². The molecule has 4 heteroatoms. The number of rotatable bonds is 3. The van der Waals surface area contributed by atoms with Crippen molar-refractivity contribution < 1.29 is 4.79 Å². The first kappa shape index (κ1) is 8.78. The van der Waals surface area contributed by atoms with Gasteiger partial charge in [0.2, 0.25) is 0 Å². The van der Waals surface area contributed by atoms with Gasteiger partial charge in [0.1, 0.15) is 0 Å². The predicted molar refractivity (Wildman–Crippen MR) is 49.3 cm³/mol. The van der Waals surface area contributed by atoms with Gasteiger partial charge in [0.25, 0.3) is 6.21 Å². The molecule has 12 heavy (non-hydrogen) atoms. The van der Waals surface area contributed by atoms with Crippen molar-refractivity contribution >= 4 is 23.7 Å². The molecule has 0 aliphatic carbocycles. The first-order valence-corrected chi connectivity index (χ1v) is 3.86. The molecule has 0 saturated carbocycles. The van der Waals surface area contributed by atoms with Gasteiger partial charge in [0.05, 0.1) is 6.42 Å². The first-order valence-electron chi connectivity index (χ1n) is 3.48. The van der Waals surface area contributed by atoms with Crippen LogP contribution in [0.1, 0.15) is 5.56 Å². The molecule has 1 rings (SSSR count). The van der Waals surface area contributed by atoms with E-state index in [0.717, 1.165) is 11.3 Å². The Labute approximate surface area is 75.7 Å². The number of benzene rings is 1. The fraction of sp³-hybridized carbons (Fsp3) is 0.125. The van der Waals surface area contributed by atoms with Crippen molar-refractivity contribution in [3.8, 4) is 0 Å². The standard InChI is InChI=1S/C8H8ClN3/c9-12-8-3-1-2-7(6-8)4-5-11-10/h1-3,5-6,12H,4H2. The van der Waals surface area contributed by atoms with Gasteiger partial charge in [-0.2, -0.15) is 4.79 Å². The zero-order valence-electron chi connectivity index (χ0n) is 6.37. The first-order chi connectivity index (χ1) is 5.86. The third kappa shape index (κ3) is 2.38. The van der Waals surface area contributed by atoms with Gasteiger partial charge in [0, 0.05) is 17.5 Å². The van der Waals surface area contributed by atoms with Gasteiger partial charge in [-0.1, -0.05) is 12.1 Å². The lowest BCUT2D eigenvalue weighted by Gasteiger charge is -1.98. The Kier molecular flexibility index (Phi) is 3.33. The van der Waals surface area contributed by atoms with Gasteiger partial charge in [-0.15, -0.1) is 0 Å². The van der Waals surface area contributed by atoms with Crippen molar-refractivity contribution in [3.63, 3.8) is 0 Å². The van der Waals surface area contributed by atoms with E-state index in [4.69, 9.17) is 17.3 Å². The third-order valence-corrected chi connectivity index (χ3v) is 1.66. The molecule has 1 N–H and O–H groups in total. The normalized spacial score (nSPS) is 8.75. The maximum atomic E-state index is 8.18. The molecule has 0 aromatic heterocycles. The average molecular weight is 182 g/mol. The minimum absolute atomic E-state index is 0.600. The molecule has 0 aliphatic rings. The topological polar surface area (TPSA) is 48.4 Å². The maximum absolute atomic E-state index is 8.18. The maximum Gasteiger partial charge on any atom is 0.261 e. The van der Waals surface area contributed by atoms with Crippen LogP contribution in [-0.2, 0) is 6.42 Å². The molecule has 62 valence electrons. The van der Waals surface area contributed by atoms with E-state index in [1.807, 2.05) is 24.3 Å². The molecule has 0 bridgehead atoms. The highest BCUT2D eigenvalue weighted by Crippen LogP contribution is 2.10. The van der Waals surface area contributed by atoms with Crippen LogP contribution in [0.4, 0.5) is 5.69 Å². The molecule has 0 atom stereocenters. The van der Waals surface area contributed by atoms with Crippen LogP contribution in [0.3, 0.4) is 0 Å². The number of hydrogen-bond donors (Lipinski definition) is 1. The van der Waals surface area contributed by atoms with Crippen LogP contribution in [0.25, 0.3) is 5.53 Å². The lowest BCUT2D eigenvalue weighted by atomic mass is 10.1. The molecule has 0 fully saturated rings. The van der Waals surface area contributed by atoms with Crippen molar-refractivity contribution in [2.24, 2.45) is 0 Å². The SMILES string of the molecule is [N-]=[N+]=CCc1cccc(NCl)c1. The minimum Gasteiger partial charge on any atom is -0.362 e. The van der Waals surface area contributed by atoms with Crippen molar-refractivity contribution in [3.05, 3.63) is 35.4 Å². The van der Waals surface area contributed by atoms with Crippen molar-refractivity contribution in [2.75, 3.05) is 4.84 Å². The number of nitrogens with zero attached hydrogens (tertiary/aromatic N) is 2. The summed E-state index contributed by atoms with van der Waals surface area (Å²) in [5, 5.41) is 0. The lowest BCUT2D eigenvalue weighted by molar-refractivity contribution is 0.00158. The van der Waals surface area contributed by atoms with Gasteiger partial charge in [0.15, 0.2) is 0 Å². The summed E-state index contributed by atoms with van der Waals surface area (Å²) in [4.78, 5) is 5.42. The Morgan fingerprint density at radius 2 is 2.42 bits per heavy atom. The zero-order valence-corrected chi connectivity index (χ0v) is 7.12. The van der Waals surface area contributed by atoms with Crippen LogP contribution >= 0.6 is 11.8 Å². The molecule has 0 amide bonds. The molecular formula is C8H8ClN3. The van der Waals surface area contributed by atoms with Gasteiger partial charge < -0.3 is 5.53 Å². The summed E-state index contributed by atoms with van der Waals surface area (Å²) in [6, 6.07) is 7.55. The smallest absolute Gasteiger partial charge is 0.261 e. The Hall–Kier alpha value is -1.31. The molecule has 0 unspecified atom stereocenters. The van der Waals surface area contributed by atoms with Crippen molar-refractivity contribution in [2.45, 2.75) is 6.42 Å². The second-order valence-corrected chi connectivity index (χ2v) is 2.49. The van der Waals surface area contributed by atoms with Crippen molar-refractivity contribution in [1.29, 1.82) is 0 Å². The summed E-state index contributed by atoms with van der Waals surface area (Å²) in [7, 11) is 0. The molecule has 1 aromatic rings. The molecule has 0 heterocycles. The monoisotopic (exact) mass is 181 g/mol. The molecule has 0 aliphatic heterocycles. The van der Waals surface area contributed by atoms with Gasteiger partial charge in [-0.05, 0) is 17.7 Å². The van der Waals surface area contributed by atoms with Crippen molar-refractivity contribution in [1.82, 2.24) is 0 Å². The molecular weight excluding hydrogens is 174 g/mol. The fourth-order valence-corrected chi connectivity index (χ4v) is 1.02. The third-order valence-electron chi connectivity index (χ3n) is 1.44. The van der Waals surface area contributed by atoms with E-state index in [1.54, 1.807) is 0 Å². The van der Waals surface area contributed by atoms with Crippen LogP contribution in [0.5, 0.6) is 0 Å². The average Bonchev–Trinajstić information content (AvgIpc) is 2.15. The molecule has 0 spiro atoms. The summed E-state index contributed by atoms with van der Waals surface area (Å²) in [6.45, 7) is 0. The summed E-state index contributed by atoms with van der Waals surface area (Å²) in [5.41, 5.74) is 10.1. The predicted octanol–water partition coefficient (Wildman–Crippen LogP) is 2.10. The highest BCUT2D eigenvalue weighted by atomic mass is 35.5. The van der Waals surface area contributed by atoms with Gasteiger partial charge >= 0.3 is 0 Å². The minimum atomic E-state index is 0.600. The highest BCUT2D eigenvalue weighted by molar-refractivity contribution is 6.23. The highest BCUT2D eigenvalue weighted by Gasteiger charge is 1.94. The Morgan fingerprint density at radius 1 is 1.58 bits per heavy atom. The summed E-state index contributed by atoms with van der Waals surface area (Å²) >= 11 is 5.40. The van der Waals surface area contributed by atoms with Crippen LogP contribution in [0, 0.1) is 0 Å². The quantitative estimate of drug-likeness (QED) is 0.330. The van der Waals surface area contributed by atoms with E-state index >= 15 is 0 Å². The van der Waals surface area contributed by atoms with E-state index in [2.05, 4.69) is 9.63 Å². The summed E-state index contributed by atoms with van der Waals surface area (Å²) in [5.74, 6) is 0. The molecule has 0 radical (unpaired) electrons. The number of anilines is 1. The van der Waals surface area contributed by atoms with Crippen LogP contribution in [0.2, 0.25) is 0 Å². The lowest BCUT2D eigenvalue weighted by Crippen LogP contribution is -1.88. The number of halogens is 1. The number of hydrogen-bond acceptors (Lipinski definition) is 1. The van der Waals surface area contributed by atoms with Crippen LogP contribution in [0.15, 0.2) is 24.3 Å². The molecule has 1 aromatic carbocycles. The Morgan fingerprint density at radius 3 is 3.08 bits per heavy atom. The van der Waals surface area contributed by atoms with Gasteiger partial charge in [-0.3, -0.25) is 4.84 Å². The number of nitrogens with one attached hydrogen (secondary N) is 1. The fourth-order valence-electron chi connectivity index (χ4n) is 0.903. The van der Waals surface area contributed by atoms with E-state index in [9.17, 15) is 0 Å². The summed E-state index contributed by atoms with van der Waals surface area (Å²) in [6.07, 6.45) is 2.02. The van der Waals surface area contributed by atoms with E-state index in [-0.39, 0.29) is 0 Å². The van der Waals surface area contributed by atoms with Crippen LogP contribution < -0.4 is 4.84 Å². The molecule has 3 nitrogen and oxygen atoms in total. The zero-order chi connectivity index (χ0) is 8.81. The van der Waals surface area contributed by atoms with E-state index in [0.29, 0.717) is 6.42 Å². The van der Waals surface area contributed by atoms with Crippen LogP contribution in [-0.4, -0.2) is 11.0 Å². The molecule has 0 saturated heterocycles. The second-order valence-electron chi connectivity index (χ2n) is 2.30. The Bertz CT molecular complexity index is 305. The Balaban J connectivity index is 2.78.